The highest BCUT2D eigenvalue weighted by molar-refractivity contribution is 5.87. The van der Waals surface area contributed by atoms with E-state index in [-0.39, 0.29) is 12.2 Å². The minimum Gasteiger partial charge on any atom is -0.487 e. The second-order valence-electron chi connectivity index (χ2n) is 6.74. The Morgan fingerprint density at radius 1 is 1.12 bits per heavy atom. The van der Waals surface area contributed by atoms with E-state index in [0.717, 1.165) is 54.6 Å². The highest BCUT2D eigenvalue weighted by Crippen LogP contribution is 2.35. The van der Waals surface area contributed by atoms with Crippen molar-refractivity contribution in [3.8, 4) is 17.1 Å². The molecule has 1 saturated heterocycles. The molecular weight excluding hydrogens is 316 g/mol. The van der Waals surface area contributed by atoms with Gasteiger partial charge in [0, 0.05) is 18.4 Å². The monoisotopic (exact) mass is 336 g/mol. The van der Waals surface area contributed by atoms with Crippen LogP contribution in [-0.4, -0.2) is 33.8 Å². The summed E-state index contributed by atoms with van der Waals surface area (Å²) in [6.45, 7) is 0.848. The van der Waals surface area contributed by atoms with Crippen LogP contribution < -0.4 is 10.5 Å². The zero-order chi connectivity index (χ0) is 16.8. The van der Waals surface area contributed by atoms with E-state index in [4.69, 9.17) is 15.2 Å². The molecule has 0 bridgehead atoms. The van der Waals surface area contributed by atoms with Crippen LogP contribution in [0.3, 0.4) is 0 Å². The van der Waals surface area contributed by atoms with Gasteiger partial charge in [-0.05, 0) is 43.4 Å². The Hall–Kier alpha value is -2.60. The number of fused-ring (bicyclic) bond motifs is 2. The number of ether oxygens (including phenoxy) is 2. The number of aryl methyl sites for hydroxylation is 1. The molecule has 0 radical (unpaired) electrons. The van der Waals surface area contributed by atoms with Crippen LogP contribution in [0.5, 0.6) is 5.75 Å². The van der Waals surface area contributed by atoms with Gasteiger partial charge < -0.3 is 20.2 Å². The van der Waals surface area contributed by atoms with Gasteiger partial charge in [-0.15, -0.1) is 0 Å². The number of H-pyrrole nitrogens is 1. The fourth-order valence-electron chi connectivity index (χ4n) is 3.78. The van der Waals surface area contributed by atoms with Gasteiger partial charge in [0.2, 0.25) is 0 Å². The summed E-state index contributed by atoms with van der Waals surface area (Å²) in [6.07, 6.45) is 6.42. The molecule has 6 nitrogen and oxygen atoms in total. The third-order valence-electron chi connectivity index (χ3n) is 5.13. The van der Waals surface area contributed by atoms with E-state index in [1.54, 1.807) is 0 Å². The summed E-state index contributed by atoms with van der Waals surface area (Å²) in [5, 5.41) is 0.844. The number of benzene rings is 1. The molecule has 0 aliphatic carbocycles. The summed E-state index contributed by atoms with van der Waals surface area (Å²) in [4.78, 5) is 12.1. The summed E-state index contributed by atoms with van der Waals surface area (Å²) in [6, 6.07) is 8.06. The number of hydrogen-bond acceptors (Lipinski definition) is 5. The highest BCUT2D eigenvalue weighted by atomic mass is 16.5. The Bertz CT molecular complexity index is 930. The van der Waals surface area contributed by atoms with E-state index in [9.17, 15) is 0 Å². The van der Waals surface area contributed by atoms with Crippen LogP contribution in [0.1, 0.15) is 24.8 Å². The number of aromatic nitrogens is 3. The predicted octanol–water partition coefficient (Wildman–Crippen LogP) is 3.08. The fourth-order valence-corrected chi connectivity index (χ4v) is 3.78. The standard InChI is InChI=1S/C19H20N4O2/c20-17-13-7-8-21-19(13)23-18(22-17)12-4-3-11-5-6-15(25-16(11)10-12)14-2-1-9-24-14/h3-4,7-8,10,14-15H,1-2,5-6,9H2,(H3,20,21,22,23)/t14-,15-/m1/s1. The third kappa shape index (κ3) is 2.53. The first-order valence-corrected chi connectivity index (χ1v) is 8.80. The van der Waals surface area contributed by atoms with Crippen LogP contribution in [0.4, 0.5) is 5.82 Å². The Morgan fingerprint density at radius 3 is 2.96 bits per heavy atom. The number of nitrogens with one attached hydrogen (secondary N) is 1. The first-order chi connectivity index (χ1) is 12.3. The predicted molar refractivity (Wildman–Crippen MR) is 95.4 cm³/mol. The fraction of sp³-hybridized carbons (Fsp3) is 0.368. The minimum absolute atomic E-state index is 0.141. The van der Waals surface area contributed by atoms with Crippen molar-refractivity contribution < 1.29 is 9.47 Å². The van der Waals surface area contributed by atoms with E-state index in [2.05, 4.69) is 21.0 Å². The lowest BCUT2D eigenvalue weighted by Gasteiger charge is -2.30. The lowest BCUT2D eigenvalue weighted by atomic mass is 9.96. The van der Waals surface area contributed by atoms with Crippen molar-refractivity contribution >= 4 is 16.9 Å². The first kappa shape index (κ1) is 14.7. The van der Waals surface area contributed by atoms with Crippen LogP contribution in [0, 0.1) is 0 Å². The lowest BCUT2D eigenvalue weighted by molar-refractivity contribution is 0.00283. The molecule has 0 amide bonds. The maximum atomic E-state index is 6.26. The second kappa shape index (κ2) is 5.74. The Balaban J connectivity index is 1.49. The van der Waals surface area contributed by atoms with Crippen molar-refractivity contribution in [2.24, 2.45) is 0 Å². The highest BCUT2D eigenvalue weighted by Gasteiger charge is 2.31. The zero-order valence-electron chi connectivity index (χ0n) is 13.9. The summed E-state index contributed by atoms with van der Waals surface area (Å²) >= 11 is 0. The quantitative estimate of drug-likeness (QED) is 0.751. The molecule has 1 aromatic carbocycles. The maximum Gasteiger partial charge on any atom is 0.164 e. The average molecular weight is 336 g/mol. The van der Waals surface area contributed by atoms with Crippen LogP contribution in [-0.2, 0) is 11.2 Å². The van der Waals surface area contributed by atoms with Crippen molar-refractivity contribution in [1.82, 2.24) is 15.0 Å². The molecule has 3 aromatic rings. The molecule has 3 N–H and O–H groups in total. The van der Waals surface area contributed by atoms with E-state index in [0.29, 0.717) is 11.6 Å². The molecule has 2 aromatic heterocycles. The SMILES string of the molecule is Nc1nc(-c2ccc3c(c2)O[C@@H]([C@H]2CCCO2)CC3)nc2[nH]ccc12. The van der Waals surface area contributed by atoms with E-state index >= 15 is 0 Å². The number of hydrogen-bond donors (Lipinski definition) is 2. The van der Waals surface area contributed by atoms with Crippen molar-refractivity contribution in [3.05, 3.63) is 36.0 Å². The minimum atomic E-state index is 0.141. The molecule has 2 atom stereocenters. The molecular formula is C19H20N4O2. The molecule has 0 spiro atoms. The second-order valence-corrected chi connectivity index (χ2v) is 6.74. The smallest absolute Gasteiger partial charge is 0.164 e. The number of aromatic amines is 1. The molecule has 128 valence electrons. The van der Waals surface area contributed by atoms with Crippen LogP contribution in [0.25, 0.3) is 22.4 Å². The average Bonchev–Trinajstić information content (AvgIpc) is 3.32. The van der Waals surface area contributed by atoms with Gasteiger partial charge in [-0.1, -0.05) is 12.1 Å². The molecule has 0 saturated carbocycles. The molecule has 0 unspecified atom stereocenters. The van der Waals surface area contributed by atoms with Gasteiger partial charge in [-0.25, -0.2) is 9.97 Å². The molecule has 2 aliphatic heterocycles. The van der Waals surface area contributed by atoms with Gasteiger partial charge in [-0.2, -0.15) is 0 Å². The van der Waals surface area contributed by atoms with Crippen molar-refractivity contribution in [1.29, 1.82) is 0 Å². The van der Waals surface area contributed by atoms with Gasteiger partial charge >= 0.3 is 0 Å². The normalized spacial score (nSPS) is 22.7. The lowest BCUT2D eigenvalue weighted by Crippen LogP contribution is -2.34. The molecule has 2 aliphatic rings. The summed E-state index contributed by atoms with van der Waals surface area (Å²) in [7, 11) is 0. The summed E-state index contributed by atoms with van der Waals surface area (Å²) < 4.78 is 12.1. The number of nitrogens with two attached hydrogens (primary N) is 1. The number of nitrogen functional groups attached to an aromatic ring is 1. The first-order valence-electron chi connectivity index (χ1n) is 8.80. The van der Waals surface area contributed by atoms with Gasteiger partial charge in [0.05, 0.1) is 11.5 Å². The number of anilines is 1. The molecule has 6 heteroatoms. The largest absolute Gasteiger partial charge is 0.487 e. The van der Waals surface area contributed by atoms with Gasteiger partial charge in [0.25, 0.3) is 0 Å². The van der Waals surface area contributed by atoms with Crippen LogP contribution in [0.15, 0.2) is 30.5 Å². The van der Waals surface area contributed by atoms with Crippen molar-refractivity contribution in [3.63, 3.8) is 0 Å². The Kier molecular flexibility index (Phi) is 3.38. The van der Waals surface area contributed by atoms with E-state index < -0.39 is 0 Å². The van der Waals surface area contributed by atoms with E-state index in [1.807, 2.05) is 24.4 Å². The Labute approximate surface area is 145 Å². The number of nitrogens with zero attached hydrogens (tertiary/aromatic N) is 2. The topological polar surface area (TPSA) is 86.1 Å². The molecule has 5 rings (SSSR count). The maximum absolute atomic E-state index is 6.26. The summed E-state index contributed by atoms with van der Waals surface area (Å²) in [5.41, 5.74) is 8.95. The van der Waals surface area contributed by atoms with Crippen LogP contribution in [0.2, 0.25) is 0 Å². The zero-order valence-corrected chi connectivity index (χ0v) is 13.9. The van der Waals surface area contributed by atoms with Crippen LogP contribution >= 0.6 is 0 Å². The van der Waals surface area contributed by atoms with Gasteiger partial charge in [0.1, 0.15) is 23.3 Å². The summed E-state index contributed by atoms with van der Waals surface area (Å²) in [5.74, 6) is 2.01. The molecule has 4 heterocycles. The number of rotatable bonds is 2. The van der Waals surface area contributed by atoms with Gasteiger partial charge in [-0.3, -0.25) is 0 Å². The van der Waals surface area contributed by atoms with Crippen molar-refractivity contribution in [2.75, 3.05) is 12.3 Å². The van der Waals surface area contributed by atoms with Gasteiger partial charge in [0.15, 0.2) is 5.82 Å². The Morgan fingerprint density at radius 2 is 2.08 bits per heavy atom. The van der Waals surface area contributed by atoms with Crippen molar-refractivity contribution in [2.45, 2.75) is 37.9 Å². The molecule has 1 fully saturated rings. The third-order valence-corrected chi connectivity index (χ3v) is 5.13. The molecule has 25 heavy (non-hydrogen) atoms. The van der Waals surface area contributed by atoms with E-state index in [1.165, 1.54) is 5.56 Å².